The lowest BCUT2D eigenvalue weighted by molar-refractivity contribution is -0.116. The largest absolute Gasteiger partial charge is 0.491 e. The van der Waals surface area contributed by atoms with Crippen molar-refractivity contribution in [2.75, 3.05) is 25.6 Å². The first-order valence-corrected chi connectivity index (χ1v) is 7.13. The molecule has 0 saturated carbocycles. The highest BCUT2D eigenvalue weighted by atomic mass is 79.9. The number of halogens is 1. The van der Waals surface area contributed by atoms with Gasteiger partial charge in [-0.2, -0.15) is 0 Å². The summed E-state index contributed by atoms with van der Waals surface area (Å²) in [4.78, 5) is 11.7. The molecule has 0 saturated heterocycles. The number of carbonyl (C=O) groups is 1. The summed E-state index contributed by atoms with van der Waals surface area (Å²) in [6, 6.07) is 7.32. The molecule has 0 aromatic heterocycles. The first-order valence-electron chi connectivity index (χ1n) is 6.21. The second-order valence-electron chi connectivity index (χ2n) is 4.50. The number of carbonyl (C=O) groups excluding carboxylic acids is 1. The second kappa shape index (κ2) is 8.17. The Balaban J connectivity index is 2.59. The van der Waals surface area contributed by atoms with Gasteiger partial charge in [0.15, 0.2) is 0 Å². The first-order chi connectivity index (χ1) is 9.04. The first kappa shape index (κ1) is 16.0. The third-order valence-corrected chi connectivity index (χ3v) is 3.97. The average molecular weight is 330 g/mol. The van der Waals surface area contributed by atoms with Gasteiger partial charge in [-0.1, -0.05) is 35.8 Å². The molecule has 1 N–H and O–H groups in total. The minimum Gasteiger partial charge on any atom is -0.491 e. The molecule has 0 bridgehead atoms. The molecule has 1 rings (SSSR count). The number of anilines is 1. The Morgan fingerprint density at radius 2 is 2.11 bits per heavy atom. The van der Waals surface area contributed by atoms with Crippen LogP contribution in [0.3, 0.4) is 0 Å². The standard InChI is InChI=1S/C14H20BrNO3/c1-10(2)13(15)14(17)16-11-5-4-6-12(9-11)19-8-7-18-3/h4-6,9-10,13H,7-8H2,1-3H3,(H,16,17). The van der Waals surface area contributed by atoms with Crippen LogP contribution in [-0.4, -0.2) is 31.1 Å². The van der Waals surface area contributed by atoms with Gasteiger partial charge in [-0.15, -0.1) is 0 Å². The topological polar surface area (TPSA) is 47.6 Å². The number of rotatable bonds is 7. The number of methoxy groups -OCH3 is 1. The minimum absolute atomic E-state index is 0.0518. The van der Waals surface area contributed by atoms with Gasteiger partial charge in [0.2, 0.25) is 5.91 Å². The molecule has 1 atom stereocenters. The van der Waals surface area contributed by atoms with Gasteiger partial charge in [0.1, 0.15) is 12.4 Å². The predicted octanol–water partition coefficient (Wildman–Crippen LogP) is 3.07. The van der Waals surface area contributed by atoms with E-state index in [0.717, 1.165) is 5.69 Å². The number of hydrogen-bond donors (Lipinski definition) is 1. The van der Waals surface area contributed by atoms with Crippen LogP contribution in [0.15, 0.2) is 24.3 Å². The van der Waals surface area contributed by atoms with E-state index in [4.69, 9.17) is 9.47 Å². The second-order valence-corrected chi connectivity index (χ2v) is 5.49. The van der Waals surface area contributed by atoms with Gasteiger partial charge in [0, 0.05) is 18.9 Å². The van der Waals surface area contributed by atoms with Crippen LogP contribution in [0.25, 0.3) is 0 Å². The molecular weight excluding hydrogens is 310 g/mol. The van der Waals surface area contributed by atoms with Gasteiger partial charge in [-0.05, 0) is 18.1 Å². The lowest BCUT2D eigenvalue weighted by atomic mass is 10.1. The van der Waals surface area contributed by atoms with Gasteiger partial charge in [-0.25, -0.2) is 0 Å². The van der Waals surface area contributed by atoms with E-state index >= 15 is 0 Å². The highest BCUT2D eigenvalue weighted by Crippen LogP contribution is 2.19. The van der Waals surface area contributed by atoms with Gasteiger partial charge >= 0.3 is 0 Å². The van der Waals surface area contributed by atoms with Crippen molar-refractivity contribution >= 4 is 27.5 Å². The number of nitrogens with one attached hydrogen (secondary N) is 1. The SMILES string of the molecule is COCCOc1cccc(NC(=O)C(Br)C(C)C)c1. The molecule has 0 aliphatic rings. The molecule has 0 fully saturated rings. The third-order valence-electron chi connectivity index (χ3n) is 2.49. The van der Waals surface area contributed by atoms with E-state index in [1.54, 1.807) is 13.2 Å². The molecule has 0 heterocycles. The molecule has 1 amide bonds. The number of alkyl halides is 1. The van der Waals surface area contributed by atoms with Crippen LogP contribution in [-0.2, 0) is 9.53 Å². The van der Waals surface area contributed by atoms with E-state index in [9.17, 15) is 4.79 Å². The Morgan fingerprint density at radius 3 is 2.74 bits per heavy atom. The Labute approximate surface area is 122 Å². The zero-order valence-electron chi connectivity index (χ0n) is 11.5. The number of amides is 1. The zero-order valence-corrected chi connectivity index (χ0v) is 13.1. The lowest BCUT2D eigenvalue weighted by Gasteiger charge is -2.14. The molecule has 0 aliphatic carbocycles. The Morgan fingerprint density at radius 1 is 1.37 bits per heavy atom. The van der Waals surface area contributed by atoms with Crippen LogP contribution < -0.4 is 10.1 Å². The molecule has 0 aliphatic heterocycles. The fraction of sp³-hybridized carbons (Fsp3) is 0.500. The molecule has 0 radical (unpaired) electrons. The quantitative estimate of drug-likeness (QED) is 0.617. The number of ether oxygens (including phenoxy) is 2. The molecule has 1 aromatic carbocycles. The maximum Gasteiger partial charge on any atom is 0.238 e. The normalized spacial score (nSPS) is 12.3. The van der Waals surface area contributed by atoms with E-state index in [-0.39, 0.29) is 16.7 Å². The Hall–Kier alpha value is -1.07. The fourth-order valence-corrected chi connectivity index (χ4v) is 1.53. The van der Waals surface area contributed by atoms with Crippen LogP contribution in [0.5, 0.6) is 5.75 Å². The van der Waals surface area contributed by atoms with Gasteiger partial charge < -0.3 is 14.8 Å². The zero-order chi connectivity index (χ0) is 14.3. The van der Waals surface area contributed by atoms with Crippen LogP contribution in [0.1, 0.15) is 13.8 Å². The lowest BCUT2D eigenvalue weighted by Crippen LogP contribution is -2.26. The van der Waals surface area contributed by atoms with Crippen LogP contribution in [0.2, 0.25) is 0 Å². The molecule has 1 unspecified atom stereocenters. The van der Waals surface area contributed by atoms with E-state index in [1.165, 1.54) is 0 Å². The van der Waals surface area contributed by atoms with Crippen molar-refractivity contribution < 1.29 is 14.3 Å². The third kappa shape index (κ3) is 5.61. The molecule has 5 heteroatoms. The molecule has 106 valence electrons. The van der Waals surface area contributed by atoms with Crippen molar-refractivity contribution in [2.45, 2.75) is 18.7 Å². The van der Waals surface area contributed by atoms with Crippen LogP contribution in [0, 0.1) is 5.92 Å². The summed E-state index contributed by atoms with van der Waals surface area (Å²) in [5.74, 6) is 0.899. The number of hydrogen-bond acceptors (Lipinski definition) is 3. The molecular formula is C14H20BrNO3. The van der Waals surface area contributed by atoms with Gasteiger partial charge in [-0.3, -0.25) is 4.79 Å². The van der Waals surface area contributed by atoms with E-state index in [2.05, 4.69) is 21.2 Å². The highest BCUT2D eigenvalue weighted by Gasteiger charge is 2.18. The summed E-state index contributed by atoms with van der Waals surface area (Å²) in [7, 11) is 1.63. The monoisotopic (exact) mass is 329 g/mol. The summed E-state index contributed by atoms with van der Waals surface area (Å²) < 4.78 is 10.4. The molecule has 4 nitrogen and oxygen atoms in total. The number of benzene rings is 1. The Bertz CT molecular complexity index is 409. The minimum atomic E-state index is -0.203. The summed E-state index contributed by atoms with van der Waals surface area (Å²) in [5.41, 5.74) is 0.727. The Kier molecular flexibility index (Phi) is 6.87. The summed E-state index contributed by atoms with van der Waals surface area (Å²) in [6.45, 7) is 5.00. The smallest absolute Gasteiger partial charge is 0.238 e. The van der Waals surface area contributed by atoms with Crippen LogP contribution >= 0.6 is 15.9 Å². The van der Waals surface area contributed by atoms with Crippen molar-refractivity contribution in [1.29, 1.82) is 0 Å². The van der Waals surface area contributed by atoms with E-state index in [0.29, 0.717) is 19.0 Å². The fourth-order valence-electron chi connectivity index (χ4n) is 1.42. The maximum absolute atomic E-state index is 11.9. The van der Waals surface area contributed by atoms with Crippen molar-refractivity contribution in [3.8, 4) is 5.75 Å². The average Bonchev–Trinajstić information content (AvgIpc) is 2.38. The molecule has 19 heavy (non-hydrogen) atoms. The van der Waals surface area contributed by atoms with Crippen LogP contribution in [0.4, 0.5) is 5.69 Å². The van der Waals surface area contributed by atoms with E-state index < -0.39 is 0 Å². The predicted molar refractivity (Wildman–Crippen MR) is 80.0 cm³/mol. The summed E-state index contributed by atoms with van der Waals surface area (Å²) >= 11 is 3.38. The van der Waals surface area contributed by atoms with E-state index in [1.807, 2.05) is 32.0 Å². The van der Waals surface area contributed by atoms with Crippen molar-refractivity contribution in [1.82, 2.24) is 0 Å². The van der Waals surface area contributed by atoms with Crippen molar-refractivity contribution in [2.24, 2.45) is 5.92 Å². The molecule has 1 aromatic rings. The highest BCUT2D eigenvalue weighted by molar-refractivity contribution is 9.10. The van der Waals surface area contributed by atoms with Crippen molar-refractivity contribution in [3.63, 3.8) is 0 Å². The maximum atomic E-state index is 11.9. The summed E-state index contributed by atoms with van der Waals surface area (Å²) in [6.07, 6.45) is 0. The molecule has 0 spiro atoms. The van der Waals surface area contributed by atoms with Crippen molar-refractivity contribution in [3.05, 3.63) is 24.3 Å². The van der Waals surface area contributed by atoms with Gasteiger partial charge in [0.25, 0.3) is 0 Å². The van der Waals surface area contributed by atoms with Gasteiger partial charge in [0.05, 0.1) is 11.4 Å². The summed E-state index contributed by atoms with van der Waals surface area (Å²) in [5, 5.41) is 2.86.